The zero-order chi connectivity index (χ0) is 13.0. The first-order chi connectivity index (χ1) is 8.04. The van der Waals surface area contributed by atoms with E-state index >= 15 is 0 Å². The van der Waals surface area contributed by atoms with Crippen LogP contribution in [0.15, 0.2) is 12.1 Å². The van der Waals surface area contributed by atoms with Crippen molar-refractivity contribution in [1.29, 1.82) is 0 Å². The fourth-order valence-electron chi connectivity index (χ4n) is 2.33. The van der Waals surface area contributed by atoms with Gasteiger partial charge in [-0.05, 0) is 36.0 Å². The Kier molecular flexibility index (Phi) is 4.97. The third-order valence-corrected chi connectivity index (χ3v) is 3.30. The van der Waals surface area contributed by atoms with Gasteiger partial charge < -0.3 is 15.3 Å². The Morgan fingerprint density at radius 1 is 1.06 bits per heavy atom. The molecule has 0 bridgehead atoms. The molecule has 1 aromatic carbocycles. The summed E-state index contributed by atoms with van der Waals surface area (Å²) in [6, 6.07) is 3.67. The van der Waals surface area contributed by atoms with Crippen LogP contribution in [-0.2, 0) is 13.2 Å². The van der Waals surface area contributed by atoms with Crippen molar-refractivity contribution in [2.75, 3.05) is 0 Å². The molecule has 1 atom stereocenters. The lowest BCUT2D eigenvalue weighted by Crippen LogP contribution is -2.07. The van der Waals surface area contributed by atoms with Crippen LogP contribution in [0.4, 0.5) is 0 Å². The van der Waals surface area contributed by atoms with Gasteiger partial charge in [0.15, 0.2) is 0 Å². The zero-order valence-corrected chi connectivity index (χ0v) is 10.8. The topological polar surface area (TPSA) is 60.7 Å². The van der Waals surface area contributed by atoms with Gasteiger partial charge in [0, 0.05) is 11.1 Å². The van der Waals surface area contributed by atoms with E-state index in [0.717, 1.165) is 12.0 Å². The van der Waals surface area contributed by atoms with Gasteiger partial charge in [-0.3, -0.25) is 0 Å². The maximum Gasteiger partial charge on any atom is 0.126 e. The number of benzene rings is 1. The molecule has 1 rings (SSSR count). The Bertz CT molecular complexity index is 347. The monoisotopic (exact) mass is 238 g/mol. The number of hydrogen-bond acceptors (Lipinski definition) is 3. The Morgan fingerprint density at radius 3 is 1.82 bits per heavy atom. The van der Waals surface area contributed by atoms with E-state index in [9.17, 15) is 15.3 Å². The summed E-state index contributed by atoms with van der Waals surface area (Å²) in [5.41, 5.74) is 2.06. The highest BCUT2D eigenvalue weighted by molar-refractivity contribution is 5.44. The van der Waals surface area contributed by atoms with Crippen molar-refractivity contribution in [2.24, 2.45) is 5.92 Å². The molecule has 3 N–H and O–H groups in total. The number of aliphatic hydroxyl groups excluding tert-OH is 2. The number of rotatable bonds is 5. The van der Waals surface area contributed by atoms with E-state index in [1.807, 2.05) is 12.1 Å². The number of aliphatic hydroxyl groups is 2. The zero-order valence-electron chi connectivity index (χ0n) is 10.8. The van der Waals surface area contributed by atoms with Crippen molar-refractivity contribution in [3.8, 4) is 5.75 Å². The van der Waals surface area contributed by atoms with Crippen LogP contribution < -0.4 is 0 Å². The number of phenols is 1. The second kappa shape index (κ2) is 6.03. The SMILES string of the molecule is CCC(c1cc(CO)c(O)c(CO)c1)C(C)C. The quantitative estimate of drug-likeness (QED) is 0.738. The lowest BCUT2D eigenvalue weighted by atomic mass is 9.84. The van der Waals surface area contributed by atoms with Crippen molar-refractivity contribution >= 4 is 0 Å². The molecule has 0 amide bonds. The van der Waals surface area contributed by atoms with Crippen LogP contribution in [0.3, 0.4) is 0 Å². The van der Waals surface area contributed by atoms with Gasteiger partial charge in [-0.15, -0.1) is 0 Å². The van der Waals surface area contributed by atoms with Crippen LogP contribution in [0, 0.1) is 5.92 Å². The Morgan fingerprint density at radius 2 is 1.53 bits per heavy atom. The highest BCUT2D eigenvalue weighted by Gasteiger charge is 2.17. The number of aromatic hydroxyl groups is 1. The molecule has 0 radical (unpaired) electrons. The summed E-state index contributed by atoms with van der Waals surface area (Å²) >= 11 is 0. The molecule has 3 heteroatoms. The van der Waals surface area contributed by atoms with E-state index in [0.29, 0.717) is 23.0 Å². The first-order valence-electron chi connectivity index (χ1n) is 6.11. The van der Waals surface area contributed by atoms with E-state index in [4.69, 9.17) is 0 Å². The van der Waals surface area contributed by atoms with Crippen molar-refractivity contribution in [1.82, 2.24) is 0 Å². The average molecular weight is 238 g/mol. The molecule has 96 valence electrons. The predicted molar refractivity (Wildman–Crippen MR) is 67.8 cm³/mol. The minimum atomic E-state index is -0.207. The first kappa shape index (κ1) is 14.0. The summed E-state index contributed by atoms with van der Waals surface area (Å²) in [5, 5.41) is 28.2. The fourth-order valence-corrected chi connectivity index (χ4v) is 2.33. The van der Waals surface area contributed by atoms with Crippen molar-refractivity contribution in [3.63, 3.8) is 0 Å². The molecule has 1 aromatic rings. The smallest absolute Gasteiger partial charge is 0.126 e. The van der Waals surface area contributed by atoms with Crippen LogP contribution in [0.1, 0.15) is 49.8 Å². The molecular weight excluding hydrogens is 216 g/mol. The second-order valence-corrected chi connectivity index (χ2v) is 4.76. The van der Waals surface area contributed by atoms with Gasteiger partial charge in [0.05, 0.1) is 13.2 Å². The molecule has 3 nitrogen and oxygen atoms in total. The highest BCUT2D eigenvalue weighted by atomic mass is 16.3. The molecule has 0 spiro atoms. The second-order valence-electron chi connectivity index (χ2n) is 4.76. The van der Waals surface area contributed by atoms with E-state index in [-0.39, 0.29) is 19.0 Å². The maximum absolute atomic E-state index is 9.79. The summed E-state index contributed by atoms with van der Waals surface area (Å²) in [6.45, 7) is 6.01. The van der Waals surface area contributed by atoms with Gasteiger partial charge in [0.1, 0.15) is 5.75 Å². The van der Waals surface area contributed by atoms with Crippen LogP contribution in [0.5, 0.6) is 5.75 Å². The lowest BCUT2D eigenvalue weighted by molar-refractivity contribution is 0.263. The summed E-state index contributed by atoms with van der Waals surface area (Å²) in [6.07, 6.45) is 0.998. The van der Waals surface area contributed by atoms with Crippen LogP contribution in [-0.4, -0.2) is 15.3 Å². The summed E-state index contributed by atoms with van der Waals surface area (Å²) < 4.78 is 0. The Hall–Kier alpha value is -1.06. The van der Waals surface area contributed by atoms with Gasteiger partial charge in [-0.1, -0.05) is 20.8 Å². The first-order valence-corrected chi connectivity index (χ1v) is 6.11. The fraction of sp³-hybridized carbons (Fsp3) is 0.571. The van der Waals surface area contributed by atoms with Gasteiger partial charge in [0.2, 0.25) is 0 Å². The Labute approximate surface area is 103 Å². The van der Waals surface area contributed by atoms with Crippen LogP contribution in [0.2, 0.25) is 0 Å². The molecule has 0 aliphatic heterocycles. The molecule has 0 heterocycles. The van der Waals surface area contributed by atoms with Crippen molar-refractivity contribution < 1.29 is 15.3 Å². The minimum Gasteiger partial charge on any atom is -0.507 e. The van der Waals surface area contributed by atoms with Crippen molar-refractivity contribution in [2.45, 2.75) is 46.3 Å². The predicted octanol–water partition coefficient (Wildman–Crippen LogP) is 2.53. The standard InChI is InChI=1S/C14H22O3/c1-4-13(9(2)3)10-5-11(7-15)14(17)12(6-10)8-16/h5-6,9,13,15-17H,4,7-8H2,1-3H3. The number of hydrogen-bond donors (Lipinski definition) is 3. The molecule has 0 aromatic heterocycles. The highest BCUT2D eigenvalue weighted by Crippen LogP contribution is 2.33. The third-order valence-electron chi connectivity index (χ3n) is 3.30. The lowest BCUT2D eigenvalue weighted by Gasteiger charge is -2.21. The molecule has 0 saturated heterocycles. The van der Waals surface area contributed by atoms with Crippen molar-refractivity contribution in [3.05, 3.63) is 28.8 Å². The third kappa shape index (κ3) is 2.99. The van der Waals surface area contributed by atoms with E-state index in [2.05, 4.69) is 20.8 Å². The average Bonchev–Trinajstić information content (AvgIpc) is 2.31. The summed E-state index contributed by atoms with van der Waals surface area (Å²) in [5.74, 6) is 0.881. The Balaban J connectivity index is 3.24. The maximum atomic E-state index is 9.79. The van der Waals surface area contributed by atoms with E-state index in [1.165, 1.54) is 0 Å². The molecule has 0 fully saturated rings. The molecule has 0 saturated carbocycles. The molecule has 0 aliphatic carbocycles. The summed E-state index contributed by atoms with van der Waals surface area (Å²) in [4.78, 5) is 0. The molecule has 1 unspecified atom stereocenters. The van der Waals surface area contributed by atoms with Gasteiger partial charge in [0.25, 0.3) is 0 Å². The minimum absolute atomic E-state index is 0.0114. The van der Waals surface area contributed by atoms with Gasteiger partial charge in [-0.2, -0.15) is 0 Å². The van der Waals surface area contributed by atoms with Gasteiger partial charge >= 0.3 is 0 Å². The van der Waals surface area contributed by atoms with Gasteiger partial charge in [-0.25, -0.2) is 0 Å². The van der Waals surface area contributed by atoms with E-state index in [1.54, 1.807) is 0 Å². The largest absolute Gasteiger partial charge is 0.507 e. The normalized spacial score (nSPS) is 13.1. The van der Waals surface area contributed by atoms with Crippen LogP contribution in [0.25, 0.3) is 0 Å². The molecule has 17 heavy (non-hydrogen) atoms. The molecule has 0 aliphatic rings. The summed E-state index contributed by atoms with van der Waals surface area (Å²) in [7, 11) is 0. The van der Waals surface area contributed by atoms with E-state index < -0.39 is 0 Å². The molecular formula is C14H22O3. The van der Waals surface area contributed by atoms with Crippen LogP contribution >= 0.6 is 0 Å².